The van der Waals surface area contributed by atoms with E-state index in [1.165, 1.54) is 12.4 Å². The summed E-state index contributed by atoms with van der Waals surface area (Å²) in [6.45, 7) is 0. The molecule has 1 fully saturated rings. The molecule has 154 valence electrons. The average Bonchev–Trinajstić information content (AvgIpc) is 3.52. The normalized spacial score (nSPS) is 13.7. The van der Waals surface area contributed by atoms with Crippen LogP contribution >= 0.6 is 0 Å². The number of hydrogen-bond donors (Lipinski definition) is 1. The van der Waals surface area contributed by atoms with Gasteiger partial charge in [0.2, 0.25) is 5.91 Å². The average molecular weight is 415 g/mol. The lowest BCUT2D eigenvalue weighted by Gasteiger charge is -2.11. The fourth-order valence-corrected chi connectivity index (χ4v) is 3.09. The Morgan fingerprint density at radius 2 is 1.80 bits per heavy atom. The largest absolute Gasteiger partial charge is 0.573 e. The van der Waals surface area contributed by atoms with E-state index in [0.29, 0.717) is 22.9 Å². The van der Waals surface area contributed by atoms with Crippen molar-refractivity contribution >= 4 is 5.91 Å². The Hall–Kier alpha value is -3.62. The van der Waals surface area contributed by atoms with Crippen LogP contribution in [-0.4, -0.2) is 22.2 Å². The van der Waals surface area contributed by atoms with Crippen molar-refractivity contribution < 1.29 is 27.4 Å². The van der Waals surface area contributed by atoms with Gasteiger partial charge in [-0.1, -0.05) is 6.07 Å². The maximum atomic E-state index is 12.4. The molecule has 0 saturated heterocycles. The molecule has 0 aliphatic heterocycles. The lowest BCUT2D eigenvalue weighted by Crippen LogP contribution is -2.17. The van der Waals surface area contributed by atoms with Crippen LogP contribution in [0.25, 0.3) is 11.3 Å². The summed E-state index contributed by atoms with van der Waals surface area (Å²) in [5.74, 6) is -0.198. The molecule has 0 atom stereocenters. The Morgan fingerprint density at radius 3 is 2.50 bits per heavy atom. The number of nitrogens with two attached hydrogens (primary N) is 1. The number of primary amides is 1. The van der Waals surface area contributed by atoms with Crippen molar-refractivity contribution in [3.05, 3.63) is 66.1 Å². The third-order valence-electron chi connectivity index (χ3n) is 4.52. The third kappa shape index (κ3) is 4.68. The summed E-state index contributed by atoms with van der Waals surface area (Å²) < 4.78 is 46.6. The second-order valence-corrected chi connectivity index (χ2v) is 6.82. The monoisotopic (exact) mass is 415 g/mol. The van der Waals surface area contributed by atoms with E-state index in [1.54, 1.807) is 24.3 Å². The lowest BCUT2D eigenvalue weighted by molar-refractivity contribution is -0.274. The summed E-state index contributed by atoms with van der Waals surface area (Å²) in [7, 11) is 0. The van der Waals surface area contributed by atoms with Gasteiger partial charge in [0.05, 0.1) is 18.1 Å². The number of hydrogen-bond acceptors (Lipinski definition) is 5. The summed E-state index contributed by atoms with van der Waals surface area (Å²) >= 11 is 0. The highest BCUT2D eigenvalue weighted by Gasteiger charge is 2.31. The maximum Gasteiger partial charge on any atom is 0.573 e. The van der Waals surface area contributed by atoms with Crippen LogP contribution < -0.4 is 15.2 Å². The summed E-state index contributed by atoms with van der Waals surface area (Å²) in [5.41, 5.74) is 8.23. The molecule has 0 spiro atoms. The third-order valence-corrected chi connectivity index (χ3v) is 4.52. The summed E-state index contributed by atoms with van der Waals surface area (Å²) in [5, 5.41) is 0. The number of amides is 1. The molecule has 1 aromatic carbocycles. The quantitative estimate of drug-likeness (QED) is 0.624. The van der Waals surface area contributed by atoms with Crippen molar-refractivity contribution in [3.8, 4) is 28.5 Å². The number of ether oxygens (including phenoxy) is 2. The van der Waals surface area contributed by atoms with Gasteiger partial charge in [-0.3, -0.25) is 14.8 Å². The molecule has 3 aromatic rings. The first-order chi connectivity index (χ1) is 14.3. The first-order valence-electron chi connectivity index (χ1n) is 9.07. The smallest absolute Gasteiger partial charge is 0.455 e. The number of carbonyl (C=O) groups is 1. The Labute approximate surface area is 169 Å². The molecule has 1 amide bonds. The highest BCUT2D eigenvalue weighted by atomic mass is 19.4. The van der Waals surface area contributed by atoms with Crippen LogP contribution in [0.2, 0.25) is 0 Å². The number of pyridine rings is 2. The number of benzene rings is 1. The van der Waals surface area contributed by atoms with Crippen LogP contribution in [0.1, 0.15) is 34.7 Å². The zero-order valence-electron chi connectivity index (χ0n) is 15.5. The standard InChI is InChI=1S/C21H16F3N3O3/c22-21(23,24)30-16-8-15(10-26-11-16)29-14-5-6-27-19(9-14)13-3-4-17(20(25)28)18(7-13)12-1-2-12/h3-12H,1-2H2,(H2,25,28). The minimum atomic E-state index is -4.82. The number of halogens is 3. The highest BCUT2D eigenvalue weighted by Crippen LogP contribution is 2.43. The van der Waals surface area contributed by atoms with E-state index in [-0.39, 0.29) is 5.75 Å². The van der Waals surface area contributed by atoms with E-state index in [4.69, 9.17) is 10.5 Å². The number of nitrogens with zero attached hydrogens (tertiary/aromatic N) is 2. The van der Waals surface area contributed by atoms with Gasteiger partial charge in [0.1, 0.15) is 11.5 Å². The fourth-order valence-electron chi connectivity index (χ4n) is 3.09. The van der Waals surface area contributed by atoms with Crippen molar-refractivity contribution in [2.75, 3.05) is 0 Å². The van der Waals surface area contributed by atoms with E-state index in [9.17, 15) is 18.0 Å². The molecule has 1 saturated carbocycles. The van der Waals surface area contributed by atoms with Crippen molar-refractivity contribution in [2.45, 2.75) is 25.1 Å². The topological polar surface area (TPSA) is 87.3 Å². The summed E-state index contributed by atoms with van der Waals surface area (Å²) in [6, 6.07) is 9.63. The Morgan fingerprint density at radius 1 is 1.03 bits per heavy atom. The Kier molecular flexibility index (Phi) is 5.03. The first kappa shape index (κ1) is 19.7. The molecule has 0 bridgehead atoms. The van der Waals surface area contributed by atoms with Gasteiger partial charge >= 0.3 is 6.36 Å². The van der Waals surface area contributed by atoms with Gasteiger partial charge in [0.25, 0.3) is 0 Å². The van der Waals surface area contributed by atoms with Gasteiger partial charge in [0.15, 0.2) is 5.75 Å². The van der Waals surface area contributed by atoms with Crippen molar-refractivity contribution in [1.82, 2.24) is 9.97 Å². The van der Waals surface area contributed by atoms with Crippen LogP contribution in [0.5, 0.6) is 17.2 Å². The van der Waals surface area contributed by atoms with E-state index in [1.807, 2.05) is 6.07 Å². The first-order valence-corrected chi connectivity index (χ1v) is 9.07. The molecule has 30 heavy (non-hydrogen) atoms. The number of alkyl halides is 3. The number of rotatable bonds is 6. The minimum Gasteiger partial charge on any atom is -0.455 e. The van der Waals surface area contributed by atoms with Gasteiger partial charge in [-0.15, -0.1) is 13.2 Å². The van der Waals surface area contributed by atoms with Crippen molar-refractivity contribution in [2.24, 2.45) is 5.73 Å². The van der Waals surface area contributed by atoms with Gasteiger partial charge in [-0.2, -0.15) is 0 Å². The van der Waals surface area contributed by atoms with E-state index in [2.05, 4.69) is 14.7 Å². The molecule has 6 nitrogen and oxygen atoms in total. The zero-order valence-corrected chi connectivity index (χ0v) is 15.5. The number of carbonyl (C=O) groups excluding carboxylic acids is 1. The van der Waals surface area contributed by atoms with Gasteiger partial charge in [-0.25, -0.2) is 0 Å². The summed E-state index contributed by atoms with van der Waals surface area (Å²) in [6.07, 6.45) is 0.926. The van der Waals surface area contributed by atoms with Crippen LogP contribution in [0.4, 0.5) is 13.2 Å². The molecule has 0 radical (unpaired) electrons. The highest BCUT2D eigenvalue weighted by molar-refractivity contribution is 5.95. The van der Waals surface area contributed by atoms with Gasteiger partial charge in [-0.05, 0) is 42.5 Å². The van der Waals surface area contributed by atoms with E-state index >= 15 is 0 Å². The fraction of sp³-hybridized carbons (Fsp3) is 0.190. The Balaban J connectivity index is 1.59. The molecular formula is C21H16F3N3O3. The van der Waals surface area contributed by atoms with E-state index < -0.39 is 18.0 Å². The molecule has 0 unspecified atom stereocenters. The van der Waals surface area contributed by atoms with Crippen molar-refractivity contribution in [1.29, 1.82) is 0 Å². The zero-order chi connectivity index (χ0) is 21.3. The van der Waals surface area contributed by atoms with Crippen LogP contribution in [0.15, 0.2) is 55.0 Å². The molecule has 4 rings (SSSR count). The lowest BCUT2D eigenvalue weighted by atomic mass is 9.98. The van der Waals surface area contributed by atoms with Crippen LogP contribution in [-0.2, 0) is 0 Å². The second-order valence-electron chi connectivity index (χ2n) is 6.82. The molecule has 9 heteroatoms. The molecule has 2 aromatic heterocycles. The van der Waals surface area contributed by atoms with Gasteiger partial charge < -0.3 is 15.2 Å². The number of aromatic nitrogens is 2. The minimum absolute atomic E-state index is 0.0802. The van der Waals surface area contributed by atoms with E-state index in [0.717, 1.165) is 36.2 Å². The molecule has 1 aliphatic carbocycles. The molecule has 2 N–H and O–H groups in total. The maximum absolute atomic E-state index is 12.4. The predicted octanol–water partition coefficient (Wildman–Crippen LogP) is 4.81. The van der Waals surface area contributed by atoms with Crippen molar-refractivity contribution in [3.63, 3.8) is 0 Å². The molecular weight excluding hydrogens is 399 g/mol. The SMILES string of the molecule is NC(=O)c1ccc(-c2cc(Oc3cncc(OC(F)(F)F)c3)ccn2)cc1C1CC1. The van der Waals surface area contributed by atoms with Gasteiger partial charge in [0, 0.05) is 29.5 Å². The Bertz CT molecular complexity index is 1100. The van der Waals surface area contributed by atoms with Crippen LogP contribution in [0.3, 0.4) is 0 Å². The molecule has 1 aliphatic rings. The summed E-state index contributed by atoms with van der Waals surface area (Å²) in [4.78, 5) is 19.7. The van der Waals surface area contributed by atoms with Crippen LogP contribution in [0, 0.1) is 0 Å². The molecule has 2 heterocycles. The second kappa shape index (κ2) is 7.66. The predicted molar refractivity (Wildman–Crippen MR) is 101 cm³/mol.